The van der Waals surface area contributed by atoms with Gasteiger partial charge in [-0.15, -0.1) is 0 Å². The minimum atomic E-state index is -3.83. The van der Waals surface area contributed by atoms with Crippen LogP contribution in [0.5, 0.6) is 0 Å². The molecule has 6 nitrogen and oxygen atoms in total. The Bertz CT molecular complexity index is 957. The quantitative estimate of drug-likeness (QED) is 0.622. The molecule has 0 spiro atoms. The van der Waals surface area contributed by atoms with Crippen molar-refractivity contribution < 1.29 is 16.8 Å². The maximum Gasteiger partial charge on any atom is 0.262 e. The zero-order chi connectivity index (χ0) is 18.0. The second kappa shape index (κ2) is 7.28. The standard InChI is InChI=1S/C15H17IN2O4S2/c1-3-23(19,20)17-12-5-4-6-13(10-12)24(21,22)18-15-9-11(2)7-8-14(15)16/h4-10,17-18H,3H2,1-2H3. The summed E-state index contributed by atoms with van der Waals surface area (Å²) in [5.41, 5.74) is 1.62. The van der Waals surface area contributed by atoms with Crippen molar-refractivity contribution >= 4 is 54.0 Å². The summed E-state index contributed by atoms with van der Waals surface area (Å²) in [5.74, 6) is -0.0935. The smallest absolute Gasteiger partial charge is 0.262 e. The Labute approximate surface area is 155 Å². The van der Waals surface area contributed by atoms with E-state index in [1.807, 2.05) is 41.6 Å². The van der Waals surface area contributed by atoms with E-state index in [1.54, 1.807) is 6.07 Å². The fourth-order valence-corrected chi connectivity index (χ4v) is 4.30. The van der Waals surface area contributed by atoms with Crippen molar-refractivity contribution in [1.82, 2.24) is 0 Å². The normalized spacial score (nSPS) is 12.0. The number of sulfonamides is 2. The van der Waals surface area contributed by atoms with Crippen LogP contribution in [0.1, 0.15) is 12.5 Å². The predicted octanol–water partition coefficient (Wildman–Crippen LogP) is 3.16. The van der Waals surface area contributed by atoms with Gasteiger partial charge in [-0.3, -0.25) is 9.44 Å². The Balaban J connectivity index is 2.34. The molecule has 24 heavy (non-hydrogen) atoms. The maximum absolute atomic E-state index is 12.6. The topological polar surface area (TPSA) is 92.3 Å². The number of hydrogen-bond acceptors (Lipinski definition) is 4. The summed E-state index contributed by atoms with van der Waals surface area (Å²) in [6, 6.07) is 11.1. The van der Waals surface area contributed by atoms with Crippen molar-refractivity contribution in [2.75, 3.05) is 15.2 Å². The lowest BCUT2D eigenvalue weighted by Gasteiger charge is -2.12. The van der Waals surface area contributed by atoms with Gasteiger partial charge in [0.15, 0.2) is 0 Å². The van der Waals surface area contributed by atoms with Crippen molar-refractivity contribution in [3.8, 4) is 0 Å². The van der Waals surface area contributed by atoms with Crippen LogP contribution in [0.2, 0.25) is 0 Å². The first-order chi connectivity index (χ1) is 11.1. The molecule has 0 aromatic heterocycles. The van der Waals surface area contributed by atoms with Crippen LogP contribution in [0.3, 0.4) is 0 Å². The van der Waals surface area contributed by atoms with Crippen LogP contribution in [0.15, 0.2) is 47.4 Å². The average molecular weight is 480 g/mol. The van der Waals surface area contributed by atoms with E-state index < -0.39 is 20.0 Å². The Morgan fingerprint density at radius 3 is 2.38 bits per heavy atom. The summed E-state index contributed by atoms with van der Waals surface area (Å²) < 4.78 is 54.0. The largest absolute Gasteiger partial charge is 0.284 e. The van der Waals surface area contributed by atoms with Gasteiger partial charge in [0.25, 0.3) is 10.0 Å². The van der Waals surface area contributed by atoms with Gasteiger partial charge >= 0.3 is 0 Å². The molecule has 0 amide bonds. The second-order valence-electron chi connectivity index (χ2n) is 5.12. The summed E-state index contributed by atoms with van der Waals surface area (Å²) in [6.07, 6.45) is 0. The number of rotatable bonds is 6. The molecule has 0 aliphatic carbocycles. The number of hydrogen-bond donors (Lipinski definition) is 2. The predicted molar refractivity (Wildman–Crippen MR) is 104 cm³/mol. The Morgan fingerprint density at radius 1 is 1.00 bits per heavy atom. The molecule has 0 atom stereocenters. The Hall–Kier alpha value is -1.33. The Morgan fingerprint density at radius 2 is 1.71 bits per heavy atom. The molecule has 0 saturated heterocycles. The van der Waals surface area contributed by atoms with Crippen LogP contribution in [-0.4, -0.2) is 22.6 Å². The van der Waals surface area contributed by atoms with Gasteiger partial charge in [0.05, 0.1) is 16.3 Å². The van der Waals surface area contributed by atoms with Crippen LogP contribution in [0.4, 0.5) is 11.4 Å². The minimum absolute atomic E-state index is 0.0175. The maximum atomic E-state index is 12.6. The van der Waals surface area contributed by atoms with E-state index in [2.05, 4.69) is 9.44 Å². The fourth-order valence-electron chi connectivity index (χ4n) is 1.90. The molecular weight excluding hydrogens is 463 g/mol. The van der Waals surface area contributed by atoms with Gasteiger partial charge in [0, 0.05) is 9.26 Å². The molecular formula is C15H17IN2O4S2. The van der Waals surface area contributed by atoms with Gasteiger partial charge in [-0.1, -0.05) is 12.1 Å². The summed E-state index contributed by atoms with van der Waals surface area (Å²) in [6.45, 7) is 3.37. The molecule has 0 aliphatic heterocycles. The highest BCUT2D eigenvalue weighted by molar-refractivity contribution is 14.1. The molecule has 2 aromatic rings. The van der Waals surface area contributed by atoms with E-state index in [9.17, 15) is 16.8 Å². The lowest BCUT2D eigenvalue weighted by molar-refractivity contribution is 0.599. The molecule has 0 fully saturated rings. The molecule has 2 N–H and O–H groups in total. The van der Waals surface area contributed by atoms with E-state index in [-0.39, 0.29) is 16.3 Å². The zero-order valence-corrected chi connectivity index (χ0v) is 16.9. The van der Waals surface area contributed by atoms with Crippen LogP contribution in [0, 0.1) is 10.5 Å². The van der Waals surface area contributed by atoms with E-state index >= 15 is 0 Å². The molecule has 0 bridgehead atoms. The molecule has 130 valence electrons. The highest BCUT2D eigenvalue weighted by Gasteiger charge is 2.17. The highest BCUT2D eigenvalue weighted by atomic mass is 127. The zero-order valence-electron chi connectivity index (χ0n) is 13.1. The molecule has 0 unspecified atom stereocenters. The van der Waals surface area contributed by atoms with Gasteiger partial charge < -0.3 is 0 Å². The lowest BCUT2D eigenvalue weighted by Crippen LogP contribution is -2.16. The molecule has 9 heteroatoms. The van der Waals surface area contributed by atoms with Crippen molar-refractivity contribution in [3.05, 3.63) is 51.6 Å². The van der Waals surface area contributed by atoms with E-state index in [1.165, 1.54) is 31.2 Å². The third-order valence-corrected chi connectivity index (χ3v) is 6.77. The van der Waals surface area contributed by atoms with E-state index in [0.717, 1.165) is 9.13 Å². The van der Waals surface area contributed by atoms with Gasteiger partial charge in [-0.25, -0.2) is 16.8 Å². The van der Waals surface area contributed by atoms with Crippen molar-refractivity contribution in [2.24, 2.45) is 0 Å². The van der Waals surface area contributed by atoms with Crippen LogP contribution < -0.4 is 9.44 Å². The van der Waals surface area contributed by atoms with Crippen molar-refractivity contribution in [1.29, 1.82) is 0 Å². The van der Waals surface area contributed by atoms with Crippen LogP contribution >= 0.6 is 22.6 Å². The number of nitrogens with one attached hydrogen (secondary N) is 2. The van der Waals surface area contributed by atoms with Gasteiger partial charge in [0.1, 0.15) is 0 Å². The van der Waals surface area contributed by atoms with Crippen LogP contribution in [0.25, 0.3) is 0 Å². The second-order valence-corrected chi connectivity index (χ2v) is 9.98. The average Bonchev–Trinajstić information content (AvgIpc) is 2.50. The Kier molecular flexibility index (Phi) is 5.76. The van der Waals surface area contributed by atoms with Gasteiger partial charge in [-0.05, 0) is 72.3 Å². The van der Waals surface area contributed by atoms with E-state index in [0.29, 0.717) is 5.69 Å². The van der Waals surface area contributed by atoms with Crippen molar-refractivity contribution in [3.63, 3.8) is 0 Å². The van der Waals surface area contributed by atoms with Crippen LogP contribution in [-0.2, 0) is 20.0 Å². The number of halogens is 1. The first-order valence-corrected chi connectivity index (χ1v) is 11.2. The van der Waals surface area contributed by atoms with Gasteiger partial charge in [0.2, 0.25) is 10.0 Å². The number of benzene rings is 2. The first kappa shape index (κ1) is 19.0. The SMILES string of the molecule is CCS(=O)(=O)Nc1cccc(S(=O)(=O)Nc2cc(C)ccc2I)c1. The van der Waals surface area contributed by atoms with Gasteiger partial charge in [-0.2, -0.15) is 0 Å². The third kappa shape index (κ3) is 4.84. The van der Waals surface area contributed by atoms with Crippen molar-refractivity contribution in [2.45, 2.75) is 18.7 Å². The van der Waals surface area contributed by atoms with E-state index in [4.69, 9.17) is 0 Å². The monoisotopic (exact) mass is 480 g/mol. The molecule has 0 heterocycles. The molecule has 0 aliphatic rings. The number of anilines is 2. The fraction of sp³-hybridized carbons (Fsp3) is 0.200. The molecule has 2 aromatic carbocycles. The molecule has 2 rings (SSSR count). The summed E-state index contributed by atoms with van der Waals surface area (Å²) in [5, 5.41) is 0. The third-order valence-electron chi connectivity index (χ3n) is 3.16. The minimum Gasteiger partial charge on any atom is -0.284 e. The summed E-state index contributed by atoms with van der Waals surface area (Å²) in [7, 11) is -7.30. The highest BCUT2D eigenvalue weighted by Crippen LogP contribution is 2.24. The lowest BCUT2D eigenvalue weighted by atomic mass is 10.2. The molecule has 0 saturated carbocycles. The number of aryl methyl sites for hydroxylation is 1. The summed E-state index contributed by atoms with van der Waals surface area (Å²) in [4.78, 5) is -0.0175. The first-order valence-electron chi connectivity index (χ1n) is 7.02. The molecule has 0 radical (unpaired) electrons. The summed E-state index contributed by atoms with van der Waals surface area (Å²) >= 11 is 2.05.